The first-order valence-corrected chi connectivity index (χ1v) is 7.31. The molecule has 21 heavy (non-hydrogen) atoms. The molecule has 4 atom stereocenters. The van der Waals surface area contributed by atoms with Crippen LogP contribution in [0.3, 0.4) is 0 Å². The molecule has 0 aromatic heterocycles. The molecule has 0 amide bonds. The fraction of sp³-hybridized carbons (Fsp3) is 0.412. The lowest BCUT2D eigenvalue weighted by atomic mass is 9.98. The first kappa shape index (κ1) is 14.0. The number of aliphatic hydroxyl groups excluding tert-OH is 1. The van der Waals surface area contributed by atoms with Crippen molar-refractivity contribution in [2.45, 2.75) is 38.5 Å². The van der Waals surface area contributed by atoms with Crippen LogP contribution >= 0.6 is 0 Å². The van der Waals surface area contributed by atoms with Crippen LogP contribution in [-0.4, -0.2) is 34.8 Å². The van der Waals surface area contributed by atoms with E-state index < -0.39 is 12.1 Å². The van der Waals surface area contributed by atoms with Gasteiger partial charge in [0, 0.05) is 11.8 Å². The Morgan fingerprint density at radius 2 is 2.00 bits per heavy atom. The second kappa shape index (κ2) is 5.45. The summed E-state index contributed by atoms with van der Waals surface area (Å²) in [6, 6.07) is 9.24. The third kappa shape index (κ3) is 2.90. The summed E-state index contributed by atoms with van der Waals surface area (Å²) in [4.78, 5) is 4.52. The van der Waals surface area contributed by atoms with E-state index in [0.29, 0.717) is 17.4 Å². The Bertz CT molecular complexity index is 606. The van der Waals surface area contributed by atoms with Crippen molar-refractivity contribution in [3.8, 4) is 0 Å². The van der Waals surface area contributed by atoms with E-state index in [1.165, 1.54) is 0 Å². The van der Waals surface area contributed by atoms with Gasteiger partial charge in [-0.15, -0.1) is 0 Å². The van der Waals surface area contributed by atoms with Crippen LogP contribution in [0.15, 0.2) is 47.2 Å². The van der Waals surface area contributed by atoms with Crippen LogP contribution in [0.4, 0.5) is 0 Å². The van der Waals surface area contributed by atoms with Gasteiger partial charge in [0.2, 0.25) is 0 Å². The summed E-state index contributed by atoms with van der Waals surface area (Å²) < 4.78 is 5.89. The smallest absolute Gasteiger partial charge is 0.139 e. The zero-order valence-corrected chi connectivity index (χ0v) is 12.3. The molecule has 4 unspecified atom stereocenters. The molecule has 2 N–H and O–H groups in total. The van der Waals surface area contributed by atoms with E-state index in [0.717, 1.165) is 17.7 Å². The van der Waals surface area contributed by atoms with Gasteiger partial charge in [0.25, 0.3) is 0 Å². The average molecular weight is 284 g/mol. The molecule has 3 rings (SSSR count). The van der Waals surface area contributed by atoms with E-state index in [9.17, 15) is 5.11 Å². The number of allylic oxidation sites excluding steroid dienone is 1. The number of rotatable bonds is 4. The first-order chi connectivity index (χ1) is 10.1. The van der Waals surface area contributed by atoms with Gasteiger partial charge in [0.1, 0.15) is 24.0 Å². The molecule has 4 heteroatoms. The number of nitrogens with zero attached hydrogens (tertiary/aromatic N) is 1. The Balaban J connectivity index is 1.92. The fourth-order valence-corrected chi connectivity index (χ4v) is 2.46. The second-order valence-corrected chi connectivity index (χ2v) is 5.87. The molecule has 1 aromatic carbocycles. The summed E-state index contributed by atoms with van der Waals surface area (Å²) in [6.45, 7) is 3.80. The van der Waals surface area contributed by atoms with Gasteiger partial charge in [0.05, 0.1) is 5.71 Å². The lowest BCUT2D eigenvalue weighted by molar-refractivity contribution is 0.0839. The molecule has 0 bridgehead atoms. The van der Waals surface area contributed by atoms with Crippen LogP contribution in [0.5, 0.6) is 0 Å². The maximum atomic E-state index is 10.4. The van der Waals surface area contributed by atoms with E-state index in [2.05, 4.69) is 11.9 Å². The number of dihydropyridines is 1. The second-order valence-electron chi connectivity index (χ2n) is 5.87. The minimum Gasteiger partial charge on any atom is -0.492 e. The third-order valence-electron chi connectivity index (χ3n) is 3.98. The van der Waals surface area contributed by atoms with Gasteiger partial charge < -0.3 is 15.3 Å². The van der Waals surface area contributed by atoms with Gasteiger partial charge in [-0.05, 0) is 24.8 Å². The number of hydrogen-bond acceptors (Lipinski definition) is 4. The standard InChI is InChI=1S/C17H20N2O2/c1-10-8-14(10)21-15-9-13(12-6-4-3-5-7-12)19-16(11(2)18)17(15)20/h3-7,9-10,14,16-18,20H,8H2,1-2H3. The Kier molecular flexibility index (Phi) is 3.64. The Labute approximate surface area is 124 Å². The van der Waals surface area contributed by atoms with Gasteiger partial charge in [0.15, 0.2) is 0 Å². The molecule has 1 aromatic rings. The average Bonchev–Trinajstić information content (AvgIpc) is 3.17. The highest BCUT2D eigenvalue weighted by atomic mass is 16.5. The van der Waals surface area contributed by atoms with Crippen molar-refractivity contribution in [3.63, 3.8) is 0 Å². The van der Waals surface area contributed by atoms with E-state index in [1.54, 1.807) is 6.92 Å². The summed E-state index contributed by atoms with van der Waals surface area (Å²) in [5.74, 6) is 1.08. The maximum Gasteiger partial charge on any atom is 0.139 e. The normalized spacial score (nSPS) is 31.2. The maximum absolute atomic E-state index is 10.4. The van der Waals surface area contributed by atoms with Crippen LogP contribution in [0.25, 0.3) is 0 Å². The van der Waals surface area contributed by atoms with Crippen LogP contribution in [0.2, 0.25) is 0 Å². The highest BCUT2D eigenvalue weighted by Gasteiger charge is 2.39. The molecule has 1 heterocycles. The van der Waals surface area contributed by atoms with Crippen LogP contribution < -0.4 is 0 Å². The summed E-state index contributed by atoms with van der Waals surface area (Å²) in [5.41, 5.74) is 2.08. The number of aliphatic imine (C=N–C) groups is 1. The van der Waals surface area contributed by atoms with Gasteiger partial charge in [-0.3, -0.25) is 4.99 Å². The van der Waals surface area contributed by atoms with Crippen molar-refractivity contribution >= 4 is 11.4 Å². The summed E-state index contributed by atoms with van der Waals surface area (Å²) in [5, 5.41) is 18.2. The zero-order chi connectivity index (χ0) is 15.0. The largest absolute Gasteiger partial charge is 0.492 e. The minimum absolute atomic E-state index is 0.188. The molecule has 110 valence electrons. The number of hydrogen-bond donors (Lipinski definition) is 2. The van der Waals surface area contributed by atoms with Crippen LogP contribution in [0, 0.1) is 11.3 Å². The van der Waals surface area contributed by atoms with Crippen molar-refractivity contribution in [3.05, 3.63) is 47.7 Å². The molecular formula is C17H20N2O2. The van der Waals surface area contributed by atoms with Crippen molar-refractivity contribution in [2.75, 3.05) is 0 Å². The highest BCUT2D eigenvalue weighted by Crippen LogP contribution is 2.36. The molecule has 1 saturated carbocycles. The molecule has 0 radical (unpaired) electrons. The lowest BCUT2D eigenvalue weighted by Crippen LogP contribution is -2.37. The van der Waals surface area contributed by atoms with Gasteiger partial charge in [-0.25, -0.2) is 0 Å². The van der Waals surface area contributed by atoms with E-state index >= 15 is 0 Å². The first-order valence-electron chi connectivity index (χ1n) is 7.31. The van der Waals surface area contributed by atoms with Crippen LogP contribution in [0.1, 0.15) is 25.8 Å². The minimum atomic E-state index is -0.859. The topological polar surface area (TPSA) is 65.7 Å². The Hall–Kier alpha value is -1.94. The number of nitrogens with one attached hydrogen (secondary N) is 1. The molecule has 0 saturated heterocycles. The molecule has 1 fully saturated rings. The predicted molar refractivity (Wildman–Crippen MR) is 82.9 cm³/mol. The quantitative estimate of drug-likeness (QED) is 0.835. The Morgan fingerprint density at radius 1 is 1.33 bits per heavy atom. The molecule has 1 aliphatic carbocycles. The van der Waals surface area contributed by atoms with E-state index in [1.807, 2.05) is 36.4 Å². The zero-order valence-electron chi connectivity index (χ0n) is 12.3. The van der Waals surface area contributed by atoms with Gasteiger partial charge in [-0.1, -0.05) is 37.3 Å². The van der Waals surface area contributed by atoms with E-state index in [-0.39, 0.29) is 6.10 Å². The molecule has 1 aliphatic heterocycles. The summed E-state index contributed by atoms with van der Waals surface area (Å²) in [6.07, 6.45) is 2.16. The number of benzene rings is 1. The number of ether oxygens (including phenoxy) is 1. The predicted octanol–water partition coefficient (Wildman–Crippen LogP) is 2.57. The monoisotopic (exact) mass is 284 g/mol. The third-order valence-corrected chi connectivity index (χ3v) is 3.98. The van der Waals surface area contributed by atoms with Crippen LogP contribution in [-0.2, 0) is 4.74 Å². The van der Waals surface area contributed by atoms with Crippen molar-refractivity contribution in [2.24, 2.45) is 10.9 Å². The van der Waals surface area contributed by atoms with Crippen molar-refractivity contribution in [1.29, 1.82) is 5.41 Å². The molecule has 0 spiro atoms. The lowest BCUT2D eigenvalue weighted by Gasteiger charge is -2.26. The summed E-state index contributed by atoms with van der Waals surface area (Å²) >= 11 is 0. The fourth-order valence-electron chi connectivity index (χ4n) is 2.46. The van der Waals surface area contributed by atoms with E-state index in [4.69, 9.17) is 10.1 Å². The number of aliphatic hydroxyl groups is 1. The van der Waals surface area contributed by atoms with Crippen molar-refractivity contribution in [1.82, 2.24) is 0 Å². The van der Waals surface area contributed by atoms with Gasteiger partial charge >= 0.3 is 0 Å². The van der Waals surface area contributed by atoms with Gasteiger partial charge in [-0.2, -0.15) is 0 Å². The Morgan fingerprint density at radius 3 is 2.57 bits per heavy atom. The molecular weight excluding hydrogens is 264 g/mol. The highest BCUT2D eigenvalue weighted by molar-refractivity contribution is 6.11. The summed E-state index contributed by atoms with van der Waals surface area (Å²) in [7, 11) is 0. The SMILES string of the molecule is CC(=N)C1N=C(c2ccccc2)C=C(OC2CC2C)C1O. The van der Waals surface area contributed by atoms with Crippen molar-refractivity contribution < 1.29 is 9.84 Å². The molecule has 4 nitrogen and oxygen atoms in total. The molecule has 2 aliphatic rings.